The lowest BCUT2D eigenvalue weighted by Gasteiger charge is -2.24. The van der Waals surface area contributed by atoms with Gasteiger partial charge in [-0.25, -0.2) is 0 Å². The molecule has 0 spiro atoms. The van der Waals surface area contributed by atoms with Gasteiger partial charge in [0.1, 0.15) is 0 Å². The van der Waals surface area contributed by atoms with E-state index in [0.29, 0.717) is 19.4 Å². The molecule has 3 unspecified atom stereocenters. The topological polar surface area (TPSA) is 67.2 Å². The summed E-state index contributed by atoms with van der Waals surface area (Å²) in [5, 5.41) is 9.71. The average Bonchev–Trinajstić information content (AvgIpc) is 2.84. The Morgan fingerprint density at radius 2 is 2.30 bits per heavy atom. The van der Waals surface area contributed by atoms with Crippen molar-refractivity contribution in [3.63, 3.8) is 0 Å². The minimum Gasteiger partial charge on any atom is -0.465 e. The molecule has 0 aromatic carbocycles. The maximum absolute atomic E-state index is 12.4. The maximum atomic E-state index is 12.4. The van der Waals surface area contributed by atoms with Crippen LogP contribution in [0.1, 0.15) is 45.4 Å². The lowest BCUT2D eigenvalue weighted by Crippen LogP contribution is -2.26. The zero-order chi connectivity index (χ0) is 14.4. The van der Waals surface area contributed by atoms with Gasteiger partial charge < -0.3 is 4.74 Å². The lowest BCUT2D eigenvalue weighted by molar-refractivity contribution is -0.148. The number of carbonyl (C=O) groups excluding carboxylic acids is 2. The predicted octanol–water partition coefficient (Wildman–Crippen LogP) is 2.54. The highest BCUT2D eigenvalue weighted by Gasteiger charge is 2.83. The number of nitriles is 1. The highest BCUT2D eigenvalue weighted by atomic mass is 16.5. The second-order valence-electron chi connectivity index (χ2n) is 6.05. The van der Waals surface area contributed by atoms with Crippen molar-refractivity contribution in [2.45, 2.75) is 45.4 Å². The number of ether oxygens (including phenoxy) is 1. The first-order chi connectivity index (χ1) is 9.63. The Balaban J connectivity index is 2.03. The van der Waals surface area contributed by atoms with Crippen molar-refractivity contribution in [3.8, 4) is 6.07 Å². The molecule has 4 nitrogen and oxygen atoms in total. The van der Waals surface area contributed by atoms with Crippen molar-refractivity contribution in [1.29, 1.82) is 5.26 Å². The largest absolute Gasteiger partial charge is 0.465 e. The first-order valence-electron chi connectivity index (χ1n) is 7.46. The van der Waals surface area contributed by atoms with E-state index in [9.17, 15) is 14.9 Å². The van der Waals surface area contributed by atoms with E-state index >= 15 is 0 Å². The van der Waals surface area contributed by atoms with E-state index in [1.54, 1.807) is 13.0 Å². The fourth-order valence-corrected chi connectivity index (χ4v) is 4.58. The first kappa shape index (κ1) is 13.4. The normalized spacial score (nSPS) is 38.7. The summed E-state index contributed by atoms with van der Waals surface area (Å²) in [4.78, 5) is 24.0. The molecule has 0 saturated heterocycles. The molecule has 0 amide bonds. The van der Waals surface area contributed by atoms with Crippen molar-refractivity contribution in [2.75, 3.05) is 6.61 Å². The van der Waals surface area contributed by atoms with E-state index in [4.69, 9.17) is 4.74 Å². The highest BCUT2D eigenvalue weighted by molar-refractivity contribution is 5.95. The van der Waals surface area contributed by atoms with E-state index in [0.717, 1.165) is 31.3 Å². The van der Waals surface area contributed by atoms with Crippen LogP contribution in [0.25, 0.3) is 0 Å². The Morgan fingerprint density at radius 1 is 1.50 bits per heavy atom. The molecule has 3 aliphatic rings. The summed E-state index contributed by atoms with van der Waals surface area (Å²) in [7, 11) is 0. The number of nitrogens with zero attached hydrogens (tertiary/aromatic N) is 1. The van der Waals surface area contributed by atoms with Gasteiger partial charge in [-0.1, -0.05) is 18.4 Å². The van der Waals surface area contributed by atoms with Gasteiger partial charge in [0.2, 0.25) is 0 Å². The van der Waals surface area contributed by atoms with Gasteiger partial charge in [-0.05, 0) is 32.3 Å². The van der Waals surface area contributed by atoms with Gasteiger partial charge in [-0.15, -0.1) is 0 Å². The minimum absolute atomic E-state index is 0.0462. The molecule has 106 valence electrons. The van der Waals surface area contributed by atoms with Crippen LogP contribution < -0.4 is 0 Å². The standard InChI is InChI=1S/C16H19NO3/c1-2-20-14(19)16(10-17)13-5-3-4-8-15(13,16)11-6-7-12(18)9-11/h9,13H,2-8H2,1H3. The molecule has 2 saturated carbocycles. The van der Waals surface area contributed by atoms with Crippen LogP contribution in [0.2, 0.25) is 0 Å². The molecule has 0 aromatic heterocycles. The summed E-state index contributed by atoms with van der Waals surface area (Å²) in [5.41, 5.74) is -0.407. The number of hydrogen-bond donors (Lipinski definition) is 0. The monoisotopic (exact) mass is 273 g/mol. The first-order valence-corrected chi connectivity index (χ1v) is 7.46. The molecule has 0 aromatic rings. The Bertz CT molecular complexity index is 544. The Labute approximate surface area is 118 Å². The zero-order valence-electron chi connectivity index (χ0n) is 11.8. The molecular formula is C16H19NO3. The van der Waals surface area contributed by atoms with Crippen LogP contribution in [0.3, 0.4) is 0 Å². The van der Waals surface area contributed by atoms with E-state index in [-0.39, 0.29) is 17.7 Å². The van der Waals surface area contributed by atoms with Crippen LogP contribution in [-0.2, 0) is 14.3 Å². The van der Waals surface area contributed by atoms with Gasteiger partial charge in [-0.2, -0.15) is 5.26 Å². The average molecular weight is 273 g/mol. The lowest BCUT2D eigenvalue weighted by atomic mass is 9.79. The second-order valence-corrected chi connectivity index (χ2v) is 6.05. The van der Waals surface area contributed by atoms with Gasteiger partial charge in [0.05, 0.1) is 12.7 Å². The predicted molar refractivity (Wildman–Crippen MR) is 71.4 cm³/mol. The molecule has 3 atom stereocenters. The number of hydrogen-bond acceptors (Lipinski definition) is 4. The van der Waals surface area contributed by atoms with Crippen molar-refractivity contribution in [2.24, 2.45) is 16.7 Å². The Kier molecular flexibility index (Phi) is 2.97. The number of fused-ring (bicyclic) bond motifs is 1. The molecule has 3 aliphatic carbocycles. The fourth-order valence-electron chi connectivity index (χ4n) is 4.58. The SMILES string of the molecule is CCOC(=O)C1(C#N)C2CCCCC21C1=CC(=O)CC1. The molecule has 2 fully saturated rings. The number of allylic oxidation sites excluding steroid dienone is 2. The van der Waals surface area contributed by atoms with E-state index in [1.807, 2.05) is 0 Å². The fraction of sp³-hybridized carbons (Fsp3) is 0.688. The summed E-state index contributed by atoms with van der Waals surface area (Å²) in [6, 6.07) is 2.28. The van der Waals surface area contributed by atoms with E-state index in [2.05, 4.69) is 6.07 Å². The van der Waals surface area contributed by atoms with Gasteiger partial charge in [0.25, 0.3) is 0 Å². The van der Waals surface area contributed by atoms with E-state index < -0.39 is 10.8 Å². The third-order valence-electron chi connectivity index (χ3n) is 5.37. The third kappa shape index (κ3) is 1.41. The van der Waals surface area contributed by atoms with Crippen LogP contribution in [0.15, 0.2) is 11.6 Å². The summed E-state index contributed by atoms with van der Waals surface area (Å²) in [6.07, 6.45) is 6.71. The van der Waals surface area contributed by atoms with Crippen molar-refractivity contribution in [3.05, 3.63) is 11.6 Å². The summed E-state index contributed by atoms with van der Waals surface area (Å²) in [5.74, 6) is -0.208. The number of ketones is 1. The van der Waals surface area contributed by atoms with Gasteiger partial charge in [0.15, 0.2) is 11.2 Å². The maximum Gasteiger partial charge on any atom is 0.327 e. The van der Waals surface area contributed by atoms with Gasteiger partial charge >= 0.3 is 5.97 Å². The highest BCUT2D eigenvalue weighted by Crippen LogP contribution is 2.79. The Hall–Kier alpha value is -1.63. The quantitative estimate of drug-likeness (QED) is 0.741. The number of esters is 1. The summed E-state index contributed by atoms with van der Waals surface area (Å²) < 4.78 is 5.19. The second kappa shape index (κ2) is 4.44. The molecule has 0 N–H and O–H groups in total. The summed E-state index contributed by atoms with van der Waals surface area (Å²) >= 11 is 0. The van der Waals surface area contributed by atoms with Gasteiger partial charge in [0, 0.05) is 17.8 Å². The Morgan fingerprint density at radius 3 is 2.90 bits per heavy atom. The van der Waals surface area contributed by atoms with Crippen LogP contribution in [-0.4, -0.2) is 18.4 Å². The molecule has 4 heteroatoms. The molecule has 20 heavy (non-hydrogen) atoms. The third-order valence-corrected chi connectivity index (χ3v) is 5.37. The molecule has 3 rings (SSSR count). The number of rotatable bonds is 3. The van der Waals surface area contributed by atoms with Gasteiger partial charge in [-0.3, -0.25) is 9.59 Å². The smallest absolute Gasteiger partial charge is 0.327 e. The van der Waals surface area contributed by atoms with Crippen LogP contribution >= 0.6 is 0 Å². The van der Waals surface area contributed by atoms with Crippen LogP contribution in [0.5, 0.6) is 0 Å². The minimum atomic E-state index is -1.03. The molecule has 0 radical (unpaired) electrons. The number of carbonyl (C=O) groups is 2. The molecular weight excluding hydrogens is 254 g/mol. The van der Waals surface area contributed by atoms with Crippen molar-refractivity contribution < 1.29 is 14.3 Å². The molecule has 0 heterocycles. The van der Waals surface area contributed by atoms with E-state index in [1.165, 1.54) is 0 Å². The molecule has 0 bridgehead atoms. The summed E-state index contributed by atoms with van der Waals surface area (Å²) in [6.45, 7) is 2.06. The van der Waals surface area contributed by atoms with Crippen LogP contribution in [0.4, 0.5) is 0 Å². The molecule has 0 aliphatic heterocycles. The van der Waals surface area contributed by atoms with Crippen molar-refractivity contribution >= 4 is 11.8 Å². The zero-order valence-corrected chi connectivity index (χ0v) is 11.8. The van der Waals surface area contributed by atoms with Crippen molar-refractivity contribution in [1.82, 2.24) is 0 Å². The van der Waals surface area contributed by atoms with Crippen LogP contribution in [0, 0.1) is 28.1 Å².